The molecule has 1 unspecified atom stereocenters. The molecule has 0 N–H and O–H groups in total. The number of rotatable bonds is 9. The van der Waals surface area contributed by atoms with Gasteiger partial charge in [0.05, 0.1) is 24.2 Å². The number of esters is 1. The summed E-state index contributed by atoms with van der Waals surface area (Å²) in [5.74, 6) is 0.256. The maximum absolute atomic E-state index is 11.3. The highest BCUT2D eigenvalue weighted by Gasteiger charge is 2.12. The number of hydrogen-bond acceptors (Lipinski definition) is 6. The van der Waals surface area contributed by atoms with Crippen molar-refractivity contribution < 1.29 is 23.4 Å². The van der Waals surface area contributed by atoms with Crippen LogP contribution in [-0.4, -0.2) is 34.6 Å². The highest BCUT2D eigenvalue weighted by atomic mass is 32.2. The maximum Gasteiger partial charge on any atom is 0.305 e. The van der Waals surface area contributed by atoms with Crippen LogP contribution in [-0.2, 0) is 26.1 Å². The van der Waals surface area contributed by atoms with Crippen molar-refractivity contribution in [2.45, 2.75) is 25.5 Å². The van der Waals surface area contributed by atoms with E-state index in [2.05, 4.69) is 0 Å². The summed E-state index contributed by atoms with van der Waals surface area (Å²) in [6.45, 7) is 2.31. The predicted octanol–water partition coefficient (Wildman–Crippen LogP) is 2.20. The van der Waals surface area contributed by atoms with Crippen LogP contribution < -0.4 is 4.74 Å². The molecule has 7 nitrogen and oxygen atoms in total. The van der Waals surface area contributed by atoms with Gasteiger partial charge < -0.3 is 9.47 Å². The predicted molar refractivity (Wildman–Crippen MR) is 82.2 cm³/mol. The van der Waals surface area contributed by atoms with Gasteiger partial charge in [-0.2, -0.15) is 0 Å². The van der Waals surface area contributed by atoms with Crippen LogP contribution in [0, 0.1) is 10.1 Å². The van der Waals surface area contributed by atoms with Gasteiger partial charge in [0, 0.05) is 35.3 Å². The van der Waals surface area contributed by atoms with Crippen LogP contribution in [0.5, 0.6) is 5.75 Å². The standard InChI is InChI=1S/C14H19NO6S/c1-3-20-14(16)5-4-6-21-13-8-11(10-22(2)19)7-12(9-13)15(17)18/h7-9H,3-6,10H2,1-2H3. The summed E-state index contributed by atoms with van der Waals surface area (Å²) >= 11 is 0. The van der Waals surface area contributed by atoms with Crippen molar-refractivity contribution in [2.24, 2.45) is 0 Å². The molecule has 1 rings (SSSR count). The lowest BCUT2D eigenvalue weighted by Gasteiger charge is -2.08. The summed E-state index contributed by atoms with van der Waals surface area (Å²) in [4.78, 5) is 21.5. The first-order valence-electron chi connectivity index (χ1n) is 6.79. The van der Waals surface area contributed by atoms with E-state index in [4.69, 9.17) is 9.47 Å². The van der Waals surface area contributed by atoms with Gasteiger partial charge in [-0.1, -0.05) is 0 Å². The van der Waals surface area contributed by atoms with Crippen molar-refractivity contribution in [1.82, 2.24) is 0 Å². The molecule has 0 aliphatic heterocycles. The quantitative estimate of drug-likeness (QED) is 0.298. The lowest BCUT2D eigenvalue weighted by Crippen LogP contribution is -2.07. The Hall–Kier alpha value is -1.96. The molecule has 8 heteroatoms. The molecule has 0 bridgehead atoms. The normalized spacial score (nSPS) is 11.7. The van der Waals surface area contributed by atoms with E-state index < -0.39 is 15.7 Å². The van der Waals surface area contributed by atoms with E-state index in [1.165, 1.54) is 18.4 Å². The third kappa shape index (κ3) is 6.66. The largest absolute Gasteiger partial charge is 0.493 e. The van der Waals surface area contributed by atoms with Crippen LogP contribution in [0.1, 0.15) is 25.3 Å². The average Bonchev–Trinajstić information content (AvgIpc) is 2.43. The smallest absolute Gasteiger partial charge is 0.305 e. The van der Waals surface area contributed by atoms with Crippen molar-refractivity contribution >= 4 is 22.5 Å². The Morgan fingerprint density at radius 1 is 1.36 bits per heavy atom. The Morgan fingerprint density at radius 2 is 2.09 bits per heavy atom. The Labute approximate surface area is 131 Å². The number of hydrogen-bond donors (Lipinski definition) is 0. The summed E-state index contributed by atoms with van der Waals surface area (Å²) < 4.78 is 21.5. The molecule has 0 aromatic heterocycles. The van der Waals surface area contributed by atoms with E-state index in [-0.39, 0.29) is 30.4 Å². The molecule has 0 heterocycles. The minimum atomic E-state index is -1.10. The summed E-state index contributed by atoms with van der Waals surface area (Å²) in [5.41, 5.74) is 0.471. The van der Waals surface area contributed by atoms with E-state index in [0.29, 0.717) is 24.3 Å². The first kappa shape index (κ1) is 18.1. The van der Waals surface area contributed by atoms with Crippen LogP contribution in [0.15, 0.2) is 18.2 Å². The lowest BCUT2D eigenvalue weighted by molar-refractivity contribution is -0.385. The third-order valence-corrected chi connectivity index (χ3v) is 3.37. The van der Waals surface area contributed by atoms with Gasteiger partial charge in [0.25, 0.3) is 5.69 Å². The number of nitro groups is 1. The van der Waals surface area contributed by atoms with Gasteiger partial charge in [-0.05, 0) is 25.0 Å². The van der Waals surface area contributed by atoms with Gasteiger partial charge in [0.15, 0.2) is 0 Å². The van der Waals surface area contributed by atoms with E-state index >= 15 is 0 Å². The van der Waals surface area contributed by atoms with E-state index in [1.807, 2.05) is 0 Å². The van der Waals surface area contributed by atoms with Gasteiger partial charge in [0.1, 0.15) is 5.75 Å². The minimum Gasteiger partial charge on any atom is -0.493 e. The molecular formula is C14H19NO6S. The second kappa shape index (κ2) is 9.14. The van der Waals surface area contributed by atoms with Crippen molar-refractivity contribution in [3.63, 3.8) is 0 Å². The molecule has 22 heavy (non-hydrogen) atoms. The number of ether oxygens (including phenoxy) is 2. The first-order valence-corrected chi connectivity index (χ1v) is 8.52. The van der Waals surface area contributed by atoms with E-state index in [0.717, 1.165) is 0 Å². The van der Waals surface area contributed by atoms with E-state index in [1.54, 1.807) is 13.0 Å². The fraction of sp³-hybridized carbons (Fsp3) is 0.500. The molecule has 0 radical (unpaired) electrons. The summed E-state index contributed by atoms with van der Waals surface area (Å²) in [5, 5.41) is 10.9. The van der Waals surface area contributed by atoms with E-state index in [9.17, 15) is 19.1 Å². The highest BCUT2D eigenvalue weighted by molar-refractivity contribution is 7.83. The van der Waals surface area contributed by atoms with Gasteiger partial charge >= 0.3 is 5.97 Å². The van der Waals surface area contributed by atoms with Gasteiger partial charge in [-0.15, -0.1) is 0 Å². The number of nitro benzene ring substituents is 1. The Kier molecular flexibility index (Phi) is 7.51. The van der Waals surface area contributed by atoms with Crippen molar-refractivity contribution in [1.29, 1.82) is 0 Å². The molecule has 1 aromatic rings. The van der Waals surface area contributed by atoms with Crippen LogP contribution >= 0.6 is 0 Å². The molecule has 1 atom stereocenters. The molecular weight excluding hydrogens is 310 g/mol. The molecule has 0 aliphatic rings. The molecule has 1 aromatic carbocycles. The SMILES string of the molecule is CCOC(=O)CCCOc1cc(CS(C)=O)cc([N+](=O)[O-])c1. The lowest BCUT2D eigenvalue weighted by atomic mass is 10.2. The average molecular weight is 329 g/mol. The summed E-state index contributed by atoms with van der Waals surface area (Å²) in [7, 11) is -1.10. The van der Waals surface area contributed by atoms with Gasteiger partial charge in [-0.25, -0.2) is 0 Å². The molecule has 122 valence electrons. The Morgan fingerprint density at radius 3 is 2.68 bits per heavy atom. The van der Waals surface area contributed by atoms with Crippen LogP contribution in [0.3, 0.4) is 0 Å². The molecule has 0 fully saturated rings. The second-order valence-electron chi connectivity index (χ2n) is 4.57. The molecule has 0 saturated carbocycles. The van der Waals surface area contributed by atoms with Gasteiger partial charge in [0.2, 0.25) is 0 Å². The van der Waals surface area contributed by atoms with Crippen LogP contribution in [0.2, 0.25) is 0 Å². The van der Waals surface area contributed by atoms with Crippen molar-refractivity contribution in [3.8, 4) is 5.75 Å². The molecule has 0 aliphatic carbocycles. The number of carbonyl (C=O) groups excluding carboxylic acids is 1. The van der Waals surface area contributed by atoms with Gasteiger partial charge in [-0.3, -0.25) is 19.1 Å². The fourth-order valence-corrected chi connectivity index (χ4v) is 2.43. The van der Waals surface area contributed by atoms with Crippen molar-refractivity contribution in [3.05, 3.63) is 33.9 Å². The first-order chi connectivity index (χ1) is 10.4. The highest BCUT2D eigenvalue weighted by Crippen LogP contribution is 2.23. The minimum absolute atomic E-state index is 0.108. The maximum atomic E-state index is 11.3. The zero-order valence-corrected chi connectivity index (χ0v) is 13.4. The number of carbonyl (C=O) groups is 1. The number of non-ortho nitro benzene ring substituents is 1. The monoisotopic (exact) mass is 329 g/mol. The topological polar surface area (TPSA) is 95.7 Å². The molecule has 0 amide bonds. The van der Waals surface area contributed by atoms with Crippen LogP contribution in [0.4, 0.5) is 5.69 Å². The zero-order chi connectivity index (χ0) is 16.5. The zero-order valence-electron chi connectivity index (χ0n) is 12.6. The fourth-order valence-electron chi connectivity index (χ4n) is 1.79. The third-order valence-electron chi connectivity index (χ3n) is 2.63. The Balaban J connectivity index is 2.64. The summed E-state index contributed by atoms with van der Waals surface area (Å²) in [6.07, 6.45) is 2.21. The van der Waals surface area contributed by atoms with Crippen molar-refractivity contribution in [2.75, 3.05) is 19.5 Å². The number of benzene rings is 1. The Bertz CT molecular complexity index is 560. The second-order valence-corrected chi connectivity index (χ2v) is 6.00. The molecule has 0 saturated heterocycles. The van der Waals surface area contributed by atoms with Crippen LogP contribution in [0.25, 0.3) is 0 Å². The number of nitrogens with zero attached hydrogens (tertiary/aromatic N) is 1. The molecule has 0 spiro atoms. The summed E-state index contributed by atoms with van der Waals surface area (Å²) in [6, 6.07) is 4.32.